The molecule has 5 aromatic carbocycles. The van der Waals surface area contributed by atoms with Gasteiger partial charge in [-0.15, -0.1) is 0 Å². The van der Waals surface area contributed by atoms with E-state index < -0.39 is 0 Å². The minimum Gasteiger partial charge on any atom is -0.316 e. The summed E-state index contributed by atoms with van der Waals surface area (Å²) < 4.78 is 4.74. The van der Waals surface area contributed by atoms with Gasteiger partial charge in [0, 0.05) is 51.7 Å². The molecule has 0 unspecified atom stereocenters. The third kappa shape index (κ3) is 2.65. The Hall–Kier alpha value is -4.89. The monoisotopic (exact) mass is 459 g/mol. The predicted molar refractivity (Wildman–Crippen MR) is 150 cm³/mol. The van der Waals surface area contributed by atoms with Crippen molar-refractivity contribution in [1.82, 2.24) is 14.1 Å². The van der Waals surface area contributed by atoms with Gasteiger partial charge in [0.15, 0.2) is 0 Å². The Morgan fingerprint density at radius 2 is 1.39 bits per heavy atom. The Morgan fingerprint density at radius 3 is 2.28 bits per heavy atom. The Kier molecular flexibility index (Phi) is 3.94. The molecule has 168 valence electrons. The second-order valence-electron chi connectivity index (χ2n) is 9.35. The van der Waals surface area contributed by atoms with Crippen LogP contribution in [0.1, 0.15) is 0 Å². The zero-order chi connectivity index (χ0) is 23.6. The Labute approximate surface area is 207 Å². The van der Waals surface area contributed by atoms with Crippen molar-refractivity contribution >= 4 is 43.5 Å². The molecule has 0 aliphatic heterocycles. The first-order valence-corrected chi connectivity index (χ1v) is 12.2. The van der Waals surface area contributed by atoms with Crippen LogP contribution in [0.3, 0.4) is 0 Å². The van der Waals surface area contributed by atoms with Gasteiger partial charge < -0.3 is 9.13 Å². The molecule has 0 saturated carbocycles. The maximum Gasteiger partial charge on any atom is 0.0641 e. The van der Waals surface area contributed by atoms with Crippen molar-refractivity contribution in [2.24, 2.45) is 0 Å². The molecule has 3 nitrogen and oxygen atoms in total. The minimum atomic E-state index is 1.12. The molecule has 0 aliphatic rings. The summed E-state index contributed by atoms with van der Waals surface area (Å²) in [4.78, 5) is 4.34. The standard InChI is InChI=1S/C33H21N3/c1-2-10-26(11-3-1)35-18-16-28-30(35)20-24-15-14-22-7-5-13-29-31(22)32(24)33(28)36(29)27-12-4-8-23(19-27)25-9-6-17-34-21-25/h1-21H. The number of hydrogen-bond acceptors (Lipinski definition) is 1. The molecule has 0 bridgehead atoms. The van der Waals surface area contributed by atoms with Gasteiger partial charge in [0.2, 0.25) is 0 Å². The summed E-state index contributed by atoms with van der Waals surface area (Å²) >= 11 is 0. The van der Waals surface area contributed by atoms with Crippen LogP contribution in [0.5, 0.6) is 0 Å². The topological polar surface area (TPSA) is 22.8 Å². The number of pyridine rings is 1. The van der Waals surface area contributed by atoms with E-state index in [-0.39, 0.29) is 0 Å². The van der Waals surface area contributed by atoms with Gasteiger partial charge in [-0.2, -0.15) is 0 Å². The normalized spacial score (nSPS) is 11.9. The largest absolute Gasteiger partial charge is 0.316 e. The van der Waals surface area contributed by atoms with Crippen LogP contribution in [-0.2, 0) is 0 Å². The molecule has 0 spiro atoms. The molecule has 0 radical (unpaired) electrons. The van der Waals surface area contributed by atoms with Crippen molar-refractivity contribution in [3.05, 3.63) is 128 Å². The molecule has 3 aromatic heterocycles. The maximum atomic E-state index is 4.34. The molecule has 3 heterocycles. The Balaban J connectivity index is 1.52. The fourth-order valence-electron chi connectivity index (χ4n) is 5.80. The summed E-state index contributed by atoms with van der Waals surface area (Å²) in [7, 11) is 0. The number of aromatic nitrogens is 3. The van der Waals surface area contributed by atoms with E-state index in [1.807, 2.05) is 18.5 Å². The van der Waals surface area contributed by atoms with Crippen molar-refractivity contribution in [2.45, 2.75) is 0 Å². The highest BCUT2D eigenvalue weighted by Crippen LogP contribution is 2.43. The van der Waals surface area contributed by atoms with Crippen LogP contribution >= 0.6 is 0 Å². The first kappa shape index (κ1) is 19.4. The lowest BCUT2D eigenvalue weighted by molar-refractivity contribution is 1.13. The lowest BCUT2D eigenvalue weighted by Gasteiger charge is -2.12. The van der Waals surface area contributed by atoms with Crippen LogP contribution in [0, 0.1) is 0 Å². The SMILES string of the molecule is c1ccc(-n2ccc3c2cc2ccc4cccc5c4c2c3n5-c2cccc(-c3cccnc3)c2)cc1. The Morgan fingerprint density at radius 1 is 0.556 bits per heavy atom. The predicted octanol–water partition coefficient (Wildman–Crippen LogP) is 8.38. The molecule has 0 amide bonds. The highest BCUT2D eigenvalue weighted by Gasteiger charge is 2.20. The molecule has 0 N–H and O–H groups in total. The third-order valence-corrected chi connectivity index (χ3v) is 7.36. The molecule has 8 rings (SSSR count). The van der Waals surface area contributed by atoms with E-state index in [4.69, 9.17) is 0 Å². The fourth-order valence-corrected chi connectivity index (χ4v) is 5.80. The van der Waals surface area contributed by atoms with Crippen molar-refractivity contribution in [3.8, 4) is 22.5 Å². The van der Waals surface area contributed by atoms with E-state index in [9.17, 15) is 0 Å². The minimum absolute atomic E-state index is 1.12. The van der Waals surface area contributed by atoms with E-state index >= 15 is 0 Å². The third-order valence-electron chi connectivity index (χ3n) is 7.36. The smallest absolute Gasteiger partial charge is 0.0641 e. The van der Waals surface area contributed by atoms with Gasteiger partial charge in [0.25, 0.3) is 0 Å². The summed E-state index contributed by atoms with van der Waals surface area (Å²) in [6, 6.07) is 39.2. The Bertz CT molecular complexity index is 2030. The van der Waals surface area contributed by atoms with Gasteiger partial charge in [-0.1, -0.05) is 60.7 Å². The van der Waals surface area contributed by atoms with Gasteiger partial charge in [0.05, 0.1) is 16.6 Å². The number of benzene rings is 5. The quantitative estimate of drug-likeness (QED) is 0.243. The first-order valence-electron chi connectivity index (χ1n) is 12.2. The molecule has 3 heteroatoms. The lowest BCUT2D eigenvalue weighted by atomic mass is 10.0. The molecule has 8 aromatic rings. The van der Waals surface area contributed by atoms with Crippen molar-refractivity contribution in [3.63, 3.8) is 0 Å². The molecular weight excluding hydrogens is 438 g/mol. The van der Waals surface area contributed by atoms with Crippen molar-refractivity contribution < 1.29 is 0 Å². The average Bonchev–Trinajstić information content (AvgIpc) is 3.53. The van der Waals surface area contributed by atoms with Crippen LogP contribution in [0.2, 0.25) is 0 Å². The summed E-state index contributed by atoms with van der Waals surface area (Å²) in [5.41, 5.74) is 8.30. The van der Waals surface area contributed by atoms with Gasteiger partial charge in [-0.25, -0.2) is 0 Å². The lowest BCUT2D eigenvalue weighted by Crippen LogP contribution is -1.95. The van der Waals surface area contributed by atoms with Crippen LogP contribution in [0.4, 0.5) is 0 Å². The molecular formula is C33H21N3. The van der Waals surface area contributed by atoms with Crippen LogP contribution in [0.25, 0.3) is 66.0 Å². The summed E-state index contributed by atoms with van der Waals surface area (Å²) in [6.45, 7) is 0. The zero-order valence-electron chi connectivity index (χ0n) is 19.5. The van der Waals surface area contributed by atoms with Gasteiger partial charge in [-0.05, 0) is 64.9 Å². The van der Waals surface area contributed by atoms with E-state index in [0.717, 1.165) is 16.8 Å². The van der Waals surface area contributed by atoms with Crippen LogP contribution in [-0.4, -0.2) is 14.1 Å². The summed E-state index contributed by atoms with van der Waals surface area (Å²) in [5.74, 6) is 0. The molecule has 0 saturated heterocycles. The van der Waals surface area contributed by atoms with E-state index in [0.29, 0.717) is 0 Å². The second-order valence-corrected chi connectivity index (χ2v) is 9.35. The van der Waals surface area contributed by atoms with E-state index in [1.54, 1.807) is 0 Å². The molecule has 0 fully saturated rings. The summed E-state index contributed by atoms with van der Waals surface area (Å²) in [6.07, 6.45) is 5.94. The highest BCUT2D eigenvalue weighted by atomic mass is 15.0. The molecule has 36 heavy (non-hydrogen) atoms. The fraction of sp³-hybridized carbons (Fsp3) is 0. The first-order chi connectivity index (χ1) is 17.9. The van der Waals surface area contributed by atoms with Gasteiger partial charge in [-0.3, -0.25) is 4.98 Å². The number of nitrogens with zero attached hydrogens (tertiary/aromatic N) is 3. The highest BCUT2D eigenvalue weighted by molar-refractivity contribution is 6.29. The zero-order valence-corrected chi connectivity index (χ0v) is 19.5. The molecule has 0 aliphatic carbocycles. The molecule has 0 atom stereocenters. The maximum absolute atomic E-state index is 4.34. The number of hydrogen-bond donors (Lipinski definition) is 0. The number of fused-ring (bicyclic) bond motifs is 2. The summed E-state index contributed by atoms with van der Waals surface area (Å²) in [5, 5.41) is 6.44. The number of rotatable bonds is 3. The van der Waals surface area contributed by atoms with Crippen molar-refractivity contribution in [2.75, 3.05) is 0 Å². The number of para-hydroxylation sites is 1. The average molecular weight is 460 g/mol. The van der Waals surface area contributed by atoms with Gasteiger partial charge in [0.1, 0.15) is 0 Å². The second kappa shape index (κ2) is 7.30. The van der Waals surface area contributed by atoms with Crippen LogP contribution < -0.4 is 0 Å². The van der Waals surface area contributed by atoms with Gasteiger partial charge >= 0.3 is 0 Å². The van der Waals surface area contributed by atoms with Crippen molar-refractivity contribution in [1.29, 1.82) is 0 Å². The van der Waals surface area contributed by atoms with Crippen LogP contribution in [0.15, 0.2) is 128 Å². The van der Waals surface area contributed by atoms with E-state index in [2.05, 4.69) is 123 Å². The van der Waals surface area contributed by atoms with E-state index in [1.165, 1.54) is 49.2 Å².